The molecule has 0 aromatic heterocycles. The summed E-state index contributed by atoms with van der Waals surface area (Å²) in [6, 6.07) is 5.88. The normalized spacial score (nSPS) is 22.0. The van der Waals surface area contributed by atoms with Crippen molar-refractivity contribution >= 4 is 31.4 Å². The summed E-state index contributed by atoms with van der Waals surface area (Å²) in [4.78, 5) is 15.2. The van der Waals surface area contributed by atoms with Crippen LogP contribution in [0.5, 0.6) is 5.75 Å². The summed E-state index contributed by atoms with van der Waals surface area (Å²) in [7, 11) is 0. The highest BCUT2D eigenvalue weighted by Gasteiger charge is 2.58. The van der Waals surface area contributed by atoms with Gasteiger partial charge in [0.05, 0.1) is 6.10 Å². The second-order valence-corrected chi connectivity index (χ2v) is 16.9. The summed E-state index contributed by atoms with van der Waals surface area (Å²) < 4.78 is 92.8. The Hall–Kier alpha value is -1.35. The molecule has 360 valence electrons. The molecule has 1 aromatic rings. The number of aryl methyl sites for hydroxylation is 1. The molecule has 6 nitrogen and oxygen atoms in total. The highest BCUT2D eigenvalue weighted by Crippen LogP contribution is 2.61. The highest BCUT2D eigenvalue weighted by atomic mass is 32.1. The third kappa shape index (κ3) is 19.7. The minimum Gasteiger partial charge on any atom is -0.410 e. The van der Waals surface area contributed by atoms with E-state index in [1.807, 2.05) is 39.8 Å². The van der Waals surface area contributed by atoms with E-state index in [4.69, 9.17) is 14.6 Å². The van der Waals surface area contributed by atoms with Gasteiger partial charge < -0.3 is 24.2 Å². The highest BCUT2D eigenvalue weighted by molar-refractivity contribution is 7.80. The molecule has 2 fully saturated rings. The largest absolute Gasteiger partial charge is 0.423 e. The number of carbonyl (C=O) groups excluding carboxylic acids is 1. The van der Waals surface area contributed by atoms with Crippen LogP contribution in [0, 0.1) is 17.3 Å². The number of hydrogen-bond donors (Lipinski definition) is 3. The van der Waals surface area contributed by atoms with Gasteiger partial charge in [0.1, 0.15) is 5.75 Å². The maximum Gasteiger partial charge on any atom is 0.423 e. The van der Waals surface area contributed by atoms with E-state index in [0.717, 1.165) is 64.2 Å². The average molecular weight is 920 g/mol. The molecule has 0 saturated heterocycles. The zero-order valence-corrected chi connectivity index (χ0v) is 40.7. The first kappa shape index (κ1) is 59.6. The number of unbranched alkanes of at least 4 members (excludes halogenated alkanes) is 5. The monoisotopic (exact) mass is 920 g/mol. The third-order valence-electron chi connectivity index (χ3n) is 11.7. The minimum absolute atomic E-state index is 0.0400. The Labute approximate surface area is 377 Å². The van der Waals surface area contributed by atoms with Crippen LogP contribution in [-0.2, 0) is 15.9 Å². The van der Waals surface area contributed by atoms with E-state index >= 15 is 0 Å². The Morgan fingerprint density at radius 2 is 1.49 bits per heavy atom. The van der Waals surface area contributed by atoms with E-state index in [2.05, 4.69) is 70.7 Å². The SMILES string of the molecule is CC.CC.CC12CCC3c4ccc(OC(=O)N(CCCCCCO)C(CS)CCS)cc4CCC3C1CCC2OCCCOC(C(F)(F)F)C(F)(F)F.CCC.CCCCC. The zero-order chi connectivity index (χ0) is 46.6. The van der Waals surface area contributed by atoms with E-state index in [1.165, 1.54) is 36.8 Å². The van der Waals surface area contributed by atoms with Crippen LogP contribution in [0.2, 0.25) is 0 Å². The zero-order valence-electron chi connectivity index (χ0n) is 38.9. The molecule has 0 aliphatic heterocycles. The number of ether oxygens (including phenoxy) is 3. The maximum atomic E-state index is 13.4. The van der Waals surface area contributed by atoms with E-state index < -0.39 is 31.2 Å². The predicted molar refractivity (Wildman–Crippen MR) is 246 cm³/mol. The Bertz CT molecular complexity index is 1260. The van der Waals surface area contributed by atoms with E-state index in [0.29, 0.717) is 48.0 Å². The van der Waals surface area contributed by atoms with E-state index in [1.54, 1.807) is 4.90 Å². The molecule has 61 heavy (non-hydrogen) atoms. The third-order valence-corrected chi connectivity index (χ3v) is 12.3. The van der Waals surface area contributed by atoms with Crippen LogP contribution in [0.15, 0.2) is 18.2 Å². The quantitative estimate of drug-likeness (QED) is 0.0733. The molecule has 6 unspecified atom stereocenters. The lowest BCUT2D eigenvalue weighted by atomic mass is 9.55. The van der Waals surface area contributed by atoms with Gasteiger partial charge in [-0.3, -0.25) is 0 Å². The number of carbonyl (C=O) groups is 1. The molecule has 4 rings (SSSR count). The lowest BCUT2D eigenvalue weighted by Gasteiger charge is -2.50. The van der Waals surface area contributed by atoms with Gasteiger partial charge >= 0.3 is 18.4 Å². The van der Waals surface area contributed by atoms with Crippen molar-refractivity contribution in [1.29, 1.82) is 0 Å². The van der Waals surface area contributed by atoms with Gasteiger partial charge in [-0.05, 0) is 116 Å². The fraction of sp³-hybridized carbons (Fsp3) is 0.851. The first-order chi connectivity index (χ1) is 29.1. The fourth-order valence-electron chi connectivity index (χ4n) is 8.89. The number of nitrogens with zero attached hydrogens (tertiary/aromatic N) is 1. The summed E-state index contributed by atoms with van der Waals surface area (Å²) in [5, 5.41) is 9.06. The van der Waals surface area contributed by atoms with Crippen LogP contribution in [0.4, 0.5) is 31.1 Å². The van der Waals surface area contributed by atoms with Gasteiger partial charge in [0.15, 0.2) is 0 Å². The van der Waals surface area contributed by atoms with Crippen molar-refractivity contribution < 1.29 is 50.5 Å². The van der Waals surface area contributed by atoms with Crippen molar-refractivity contribution in [3.8, 4) is 5.75 Å². The summed E-state index contributed by atoms with van der Waals surface area (Å²) in [5.41, 5.74) is 2.36. The maximum absolute atomic E-state index is 13.4. The summed E-state index contributed by atoms with van der Waals surface area (Å²) >= 11 is 8.85. The van der Waals surface area contributed by atoms with Crippen LogP contribution in [0.3, 0.4) is 0 Å². The smallest absolute Gasteiger partial charge is 0.410 e. The van der Waals surface area contributed by atoms with Crippen LogP contribution >= 0.6 is 25.3 Å². The van der Waals surface area contributed by atoms with Gasteiger partial charge in [0.25, 0.3) is 0 Å². The topological polar surface area (TPSA) is 68.2 Å². The molecule has 0 heterocycles. The number of thiol groups is 2. The van der Waals surface area contributed by atoms with Crippen molar-refractivity contribution in [3.05, 3.63) is 29.3 Å². The summed E-state index contributed by atoms with van der Waals surface area (Å²) in [5.74, 6) is 2.85. The van der Waals surface area contributed by atoms with Gasteiger partial charge in [-0.15, -0.1) is 0 Å². The van der Waals surface area contributed by atoms with Gasteiger partial charge in [-0.2, -0.15) is 51.6 Å². The summed E-state index contributed by atoms with van der Waals surface area (Å²) in [6.45, 7) is 18.9. The van der Waals surface area contributed by atoms with Gasteiger partial charge in [0, 0.05) is 38.2 Å². The molecule has 1 amide bonds. The summed E-state index contributed by atoms with van der Waals surface area (Å²) in [6.07, 6.45) is -0.535. The van der Waals surface area contributed by atoms with Crippen molar-refractivity contribution in [2.45, 2.75) is 202 Å². The molecular weight excluding hydrogens is 837 g/mol. The number of hydrogen-bond acceptors (Lipinski definition) is 7. The number of fused-ring (bicyclic) bond motifs is 5. The Morgan fingerprint density at radius 3 is 2.03 bits per heavy atom. The second-order valence-electron chi connectivity index (χ2n) is 16.1. The molecule has 1 N–H and O–H groups in total. The molecule has 6 atom stereocenters. The van der Waals surface area contributed by atoms with Crippen molar-refractivity contribution in [2.75, 3.05) is 37.9 Å². The van der Waals surface area contributed by atoms with Crippen LogP contribution in [0.1, 0.15) is 176 Å². The van der Waals surface area contributed by atoms with Gasteiger partial charge in [0.2, 0.25) is 6.10 Å². The van der Waals surface area contributed by atoms with Crippen molar-refractivity contribution in [3.63, 3.8) is 0 Å². The number of rotatable bonds is 19. The number of alkyl halides is 6. The number of aliphatic hydroxyl groups is 1. The predicted octanol–water partition coefficient (Wildman–Crippen LogP) is 14.5. The molecule has 0 spiro atoms. The van der Waals surface area contributed by atoms with E-state index in [-0.39, 0.29) is 37.2 Å². The lowest BCUT2D eigenvalue weighted by molar-refractivity contribution is -0.322. The molecule has 14 heteroatoms. The van der Waals surface area contributed by atoms with Gasteiger partial charge in [-0.25, -0.2) is 4.79 Å². The second kappa shape index (κ2) is 32.3. The molecule has 3 aliphatic rings. The lowest BCUT2D eigenvalue weighted by Crippen LogP contribution is -2.45. The Morgan fingerprint density at radius 1 is 0.869 bits per heavy atom. The Kier molecular flexibility index (Phi) is 31.6. The molecule has 2 saturated carbocycles. The molecule has 0 bridgehead atoms. The van der Waals surface area contributed by atoms with Gasteiger partial charge in [-0.1, -0.05) is 107 Å². The Balaban J connectivity index is 0.00000268. The molecule has 0 radical (unpaired) electrons. The van der Waals surface area contributed by atoms with E-state index in [9.17, 15) is 31.1 Å². The number of aliphatic hydroxyl groups excluding tert-OH is 1. The number of benzene rings is 1. The molecule has 3 aliphatic carbocycles. The standard InChI is InChI=1S/C35H51F6NO5S2.C5H12.C3H8.2C2H6/c1-33-15-13-27-26-10-8-25(47-32(44)42(24(22-49)14-20-48)16-4-2-3-5-17-43)21-23(26)7-9-28(27)29(33)11-12-30(33)45-18-6-19-46-31(34(36,37)38)35(39,40)41;1-3-5-4-2;1-3-2;2*1-2/h8,10,21,24,27-31,43,48-49H,2-7,9,11-20,22H2,1H3;3-5H2,1-2H3;3H2,1-2H3;2*1-2H3. The van der Waals surface area contributed by atoms with Crippen LogP contribution in [0.25, 0.3) is 0 Å². The first-order valence-electron chi connectivity index (χ1n) is 23.4. The fourth-order valence-corrected chi connectivity index (χ4v) is 9.56. The van der Waals surface area contributed by atoms with Crippen molar-refractivity contribution in [1.82, 2.24) is 4.90 Å². The average Bonchev–Trinajstić information content (AvgIpc) is 3.56. The minimum atomic E-state index is -5.52. The molecule has 1 aromatic carbocycles. The van der Waals surface area contributed by atoms with Crippen molar-refractivity contribution in [2.24, 2.45) is 17.3 Å². The molecular formula is C47H83F6NO5S2. The first-order valence-corrected chi connectivity index (χ1v) is 24.6. The number of halogens is 6. The van der Waals surface area contributed by atoms with Crippen LogP contribution in [-0.4, -0.2) is 84.6 Å². The van der Waals surface area contributed by atoms with Crippen LogP contribution < -0.4 is 4.74 Å². The number of amides is 1.